The van der Waals surface area contributed by atoms with Gasteiger partial charge in [0.25, 0.3) is 5.91 Å². The maximum Gasteiger partial charge on any atom is 0.260 e. The minimum absolute atomic E-state index is 0.125. The predicted octanol–water partition coefficient (Wildman–Crippen LogP) is 5.03. The van der Waals surface area contributed by atoms with Crippen molar-refractivity contribution in [2.24, 2.45) is 0 Å². The van der Waals surface area contributed by atoms with E-state index in [0.717, 1.165) is 17.7 Å². The van der Waals surface area contributed by atoms with Crippen molar-refractivity contribution in [3.8, 4) is 22.9 Å². The molecule has 10 heteroatoms. The zero-order valence-electron chi connectivity index (χ0n) is 21.6. The largest absolute Gasteiger partial charge is 0.497 e. The normalized spacial score (nSPS) is 13.2. The molecule has 1 aromatic heterocycles. The summed E-state index contributed by atoms with van der Waals surface area (Å²) in [5, 5.41) is 6.25. The van der Waals surface area contributed by atoms with E-state index in [1.165, 1.54) is 6.07 Å². The van der Waals surface area contributed by atoms with Crippen molar-refractivity contribution in [1.29, 1.82) is 0 Å². The number of rotatable bonds is 10. The Hall–Kier alpha value is -4.47. The first kappa shape index (κ1) is 26.6. The highest BCUT2D eigenvalue weighted by molar-refractivity contribution is 6.02. The molecule has 0 radical (unpaired) electrons. The van der Waals surface area contributed by atoms with Gasteiger partial charge in [0.1, 0.15) is 34.5 Å². The molecule has 1 aliphatic rings. The number of nitrogens with one attached hydrogen (secondary N) is 2. The third-order valence-electron chi connectivity index (χ3n) is 5.94. The number of nitrogens with zero attached hydrogens (tertiary/aromatic N) is 3. The van der Waals surface area contributed by atoms with Crippen molar-refractivity contribution in [3.63, 3.8) is 0 Å². The number of ether oxygens (including phenoxy) is 2. The fourth-order valence-corrected chi connectivity index (χ4v) is 4.14. The van der Waals surface area contributed by atoms with Crippen LogP contribution in [0, 0.1) is 11.6 Å². The highest BCUT2D eigenvalue weighted by atomic mass is 19.1. The lowest BCUT2D eigenvalue weighted by molar-refractivity contribution is 0.0765. The van der Waals surface area contributed by atoms with Crippen LogP contribution in [0.2, 0.25) is 0 Å². The smallest absolute Gasteiger partial charge is 0.260 e. The SMILES string of the molecule is C/C=C\C(=C/NCC)Nc1nc(-c2c(F)cccc2F)nc2c1C(=O)N(Cc1ccc(OC)cc1OC)C2. The van der Waals surface area contributed by atoms with E-state index in [1.54, 1.807) is 43.5 Å². The molecular formula is C28H29F2N5O3. The van der Waals surface area contributed by atoms with Crippen molar-refractivity contribution < 1.29 is 23.0 Å². The summed E-state index contributed by atoms with van der Waals surface area (Å²) in [6.07, 6.45) is 5.34. The van der Waals surface area contributed by atoms with Gasteiger partial charge in [-0.2, -0.15) is 0 Å². The van der Waals surface area contributed by atoms with Crippen LogP contribution in [0.3, 0.4) is 0 Å². The molecule has 3 aromatic rings. The highest BCUT2D eigenvalue weighted by Gasteiger charge is 2.34. The summed E-state index contributed by atoms with van der Waals surface area (Å²) in [7, 11) is 3.10. The van der Waals surface area contributed by atoms with Crippen LogP contribution in [-0.2, 0) is 13.1 Å². The van der Waals surface area contributed by atoms with E-state index >= 15 is 0 Å². The van der Waals surface area contributed by atoms with Crippen LogP contribution in [0.4, 0.5) is 14.6 Å². The molecule has 1 aliphatic heterocycles. The van der Waals surface area contributed by atoms with E-state index in [-0.39, 0.29) is 41.8 Å². The summed E-state index contributed by atoms with van der Waals surface area (Å²) in [6, 6.07) is 8.91. The molecule has 2 aromatic carbocycles. The fraction of sp³-hybridized carbons (Fsp3) is 0.250. The molecule has 0 spiro atoms. The maximum absolute atomic E-state index is 14.7. The Morgan fingerprint density at radius 2 is 1.87 bits per heavy atom. The average molecular weight is 522 g/mol. The van der Waals surface area contributed by atoms with Gasteiger partial charge in [0, 0.05) is 24.4 Å². The van der Waals surface area contributed by atoms with Gasteiger partial charge in [-0.15, -0.1) is 0 Å². The van der Waals surface area contributed by atoms with Gasteiger partial charge in [-0.3, -0.25) is 4.79 Å². The van der Waals surface area contributed by atoms with Crippen molar-refractivity contribution in [1.82, 2.24) is 20.2 Å². The molecule has 38 heavy (non-hydrogen) atoms. The number of fused-ring (bicyclic) bond motifs is 1. The van der Waals surface area contributed by atoms with E-state index in [1.807, 2.05) is 26.0 Å². The highest BCUT2D eigenvalue weighted by Crippen LogP contribution is 2.34. The van der Waals surface area contributed by atoms with Crippen LogP contribution in [0.15, 0.2) is 60.4 Å². The van der Waals surface area contributed by atoms with E-state index in [4.69, 9.17) is 9.47 Å². The minimum atomic E-state index is -0.795. The van der Waals surface area contributed by atoms with E-state index < -0.39 is 11.6 Å². The van der Waals surface area contributed by atoms with Crippen LogP contribution >= 0.6 is 0 Å². The summed E-state index contributed by atoms with van der Waals surface area (Å²) in [4.78, 5) is 24.1. The molecule has 198 valence electrons. The Bertz CT molecular complexity index is 1390. The van der Waals surface area contributed by atoms with Crippen molar-refractivity contribution in [2.75, 3.05) is 26.1 Å². The fourth-order valence-electron chi connectivity index (χ4n) is 4.14. The molecular weight excluding hydrogens is 492 g/mol. The molecule has 0 bridgehead atoms. The first-order valence-corrected chi connectivity index (χ1v) is 12.1. The van der Waals surface area contributed by atoms with Crippen LogP contribution < -0.4 is 20.1 Å². The van der Waals surface area contributed by atoms with Crippen LogP contribution in [0.5, 0.6) is 11.5 Å². The monoisotopic (exact) mass is 521 g/mol. The zero-order valence-corrected chi connectivity index (χ0v) is 21.6. The number of aromatic nitrogens is 2. The second-order valence-electron chi connectivity index (χ2n) is 8.44. The van der Waals surface area contributed by atoms with Crippen LogP contribution in [-0.4, -0.2) is 41.5 Å². The first-order valence-electron chi connectivity index (χ1n) is 12.1. The third kappa shape index (κ3) is 5.44. The Balaban J connectivity index is 1.78. The number of hydrogen-bond acceptors (Lipinski definition) is 7. The van der Waals surface area contributed by atoms with E-state index in [9.17, 15) is 13.6 Å². The second-order valence-corrected chi connectivity index (χ2v) is 8.44. The number of allylic oxidation sites excluding steroid dienone is 2. The lowest BCUT2D eigenvalue weighted by atomic mass is 10.1. The Morgan fingerprint density at radius 3 is 2.53 bits per heavy atom. The number of carbonyl (C=O) groups is 1. The van der Waals surface area contributed by atoms with Gasteiger partial charge in [-0.1, -0.05) is 12.1 Å². The summed E-state index contributed by atoms with van der Waals surface area (Å²) in [5.41, 5.74) is 1.62. The summed E-state index contributed by atoms with van der Waals surface area (Å²) >= 11 is 0. The Labute approximate surface area is 220 Å². The van der Waals surface area contributed by atoms with E-state index in [2.05, 4.69) is 20.6 Å². The topological polar surface area (TPSA) is 88.6 Å². The molecule has 0 saturated heterocycles. The molecule has 0 aliphatic carbocycles. The number of hydrogen-bond donors (Lipinski definition) is 2. The van der Waals surface area contributed by atoms with E-state index in [0.29, 0.717) is 29.4 Å². The molecule has 4 rings (SSSR count). The number of methoxy groups -OCH3 is 2. The van der Waals surface area contributed by atoms with Gasteiger partial charge in [-0.05, 0) is 44.2 Å². The van der Waals surface area contributed by atoms with Gasteiger partial charge in [0.2, 0.25) is 0 Å². The predicted molar refractivity (Wildman–Crippen MR) is 141 cm³/mol. The molecule has 2 N–H and O–H groups in total. The van der Waals surface area contributed by atoms with Crippen molar-refractivity contribution >= 4 is 11.7 Å². The van der Waals surface area contributed by atoms with Crippen LogP contribution in [0.1, 0.15) is 35.5 Å². The Kier molecular flexibility index (Phi) is 8.20. The average Bonchev–Trinajstić information content (AvgIpc) is 3.22. The van der Waals surface area contributed by atoms with Gasteiger partial charge < -0.3 is 25.0 Å². The molecule has 2 heterocycles. The summed E-state index contributed by atoms with van der Waals surface area (Å²) in [6.45, 7) is 4.81. The molecule has 0 unspecified atom stereocenters. The molecule has 0 saturated carbocycles. The number of carbonyl (C=O) groups excluding carboxylic acids is 1. The van der Waals surface area contributed by atoms with Gasteiger partial charge in [-0.25, -0.2) is 18.7 Å². The molecule has 8 nitrogen and oxygen atoms in total. The number of halogens is 2. The number of amides is 1. The Morgan fingerprint density at radius 1 is 1.11 bits per heavy atom. The lowest BCUT2D eigenvalue weighted by Gasteiger charge is -2.18. The quantitative estimate of drug-likeness (QED) is 0.362. The standard InChI is InChI=1S/C28H29F2N5O3/c1-5-8-18(14-31-6-2)32-27-25-22(33-26(34-27)24-20(29)9-7-10-21(24)30)16-35(28(25)36)15-17-11-12-19(37-3)13-23(17)38-4/h5,7-14,31H,6,15-16H2,1-4H3,(H,32,33,34)/b8-5-,18-14+. The number of anilines is 1. The van der Waals surface area contributed by atoms with Gasteiger partial charge in [0.15, 0.2) is 5.82 Å². The second kappa shape index (κ2) is 11.7. The molecule has 0 fully saturated rings. The third-order valence-corrected chi connectivity index (χ3v) is 5.94. The van der Waals surface area contributed by atoms with Crippen molar-refractivity contribution in [2.45, 2.75) is 26.9 Å². The molecule has 0 atom stereocenters. The van der Waals surface area contributed by atoms with Crippen molar-refractivity contribution in [3.05, 3.63) is 88.9 Å². The lowest BCUT2D eigenvalue weighted by Crippen LogP contribution is -2.24. The first-order chi connectivity index (χ1) is 18.4. The summed E-state index contributed by atoms with van der Waals surface area (Å²) in [5.74, 6) is -0.709. The maximum atomic E-state index is 14.7. The van der Waals surface area contributed by atoms with Crippen LogP contribution in [0.25, 0.3) is 11.4 Å². The summed E-state index contributed by atoms with van der Waals surface area (Å²) < 4.78 is 40.1. The minimum Gasteiger partial charge on any atom is -0.497 e. The zero-order chi connectivity index (χ0) is 27.2. The number of benzene rings is 2. The van der Waals surface area contributed by atoms with Gasteiger partial charge >= 0.3 is 0 Å². The van der Waals surface area contributed by atoms with Gasteiger partial charge in [0.05, 0.1) is 44.3 Å². The molecule has 1 amide bonds.